The highest BCUT2D eigenvalue weighted by Crippen LogP contribution is 2.34. The number of nitrogens with zero attached hydrogens (tertiary/aromatic N) is 4. The van der Waals surface area contributed by atoms with Crippen molar-refractivity contribution in [3.63, 3.8) is 0 Å². The molecule has 3 aromatic heterocycles. The molecule has 0 amide bonds. The summed E-state index contributed by atoms with van der Waals surface area (Å²) in [7, 11) is 1.61. The van der Waals surface area contributed by atoms with Crippen LogP contribution >= 0.6 is 0 Å². The summed E-state index contributed by atoms with van der Waals surface area (Å²) < 4.78 is 35.2. The molecule has 5 rings (SSSR count). The second-order valence-corrected chi connectivity index (χ2v) is 7.73. The zero-order valence-electron chi connectivity index (χ0n) is 17.1. The monoisotopic (exact) mass is 418 g/mol. The molecule has 1 aliphatic rings. The van der Waals surface area contributed by atoms with Crippen LogP contribution in [-0.4, -0.2) is 32.9 Å². The molecular weight excluding hydrogens is 398 g/mol. The summed E-state index contributed by atoms with van der Waals surface area (Å²) in [6.45, 7) is 1.76. The van der Waals surface area contributed by atoms with Crippen molar-refractivity contribution in [2.75, 3.05) is 7.11 Å². The first-order valence-electron chi connectivity index (χ1n) is 10.0. The molecule has 0 spiro atoms. The van der Waals surface area contributed by atoms with Crippen LogP contribution in [0.5, 0.6) is 5.75 Å². The van der Waals surface area contributed by atoms with Crippen LogP contribution in [-0.2, 0) is 6.42 Å². The Bertz CT molecular complexity index is 1360. The number of benzene rings is 1. The number of allylic oxidation sites excluding steroid dienone is 4. The molecule has 0 N–H and O–H groups in total. The summed E-state index contributed by atoms with van der Waals surface area (Å²) in [5.74, 6) is 0.457. The van der Waals surface area contributed by atoms with Crippen molar-refractivity contribution in [2.45, 2.75) is 19.5 Å². The number of pyridine rings is 2. The highest BCUT2D eigenvalue weighted by atomic mass is 19.1. The average Bonchev–Trinajstić information content (AvgIpc) is 3.17. The Hall–Kier alpha value is -3.61. The van der Waals surface area contributed by atoms with E-state index in [-0.39, 0.29) is 0 Å². The molecule has 3 heterocycles. The van der Waals surface area contributed by atoms with Gasteiger partial charge in [0.05, 0.1) is 18.8 Å². The number of halogens is 2. The standard InChI is InChI=1S/C24H20F2N4O/c1-14-20(10-18(25)11-21(14)26)16-4-6-23-28-29-24(30(23)13-16)8-15-3-5-22-17(7-15)9-19(31-2)12-27-22/h3-7,9-14,21H,8H2,1-2H3. The number of rotatable bonds is 4. The van der Waals surface area contributed by atoms with Gasteiger partial charge in [0.1, 0.15) is 23.6 Å². The molecule has 0 bridgehead atoms. The molecule has 156 valence electrons. The minimum absolute atomic E-state index is 0.431. The first kappa shape index (κ1) is 19.4. The Morgan fingerprint density at radius 1 is 1.13 bits per heavy atom. The van der Waals surface area contributed by atoms with Crippen LogP contribution in [0.3, 0.4) is 0 Å². The molecule has 2 unspecified atom stereocenters. The minimum atomic E-state index is -1.35. The number of aromatic nitrogens is 4. The van der Waals surface area contributed by atoms with Crippen molar-refractivity contribution in [3.05, 3.63) is 83.7 Å². The molecule has 0 saturated carbocycles. The molecule has 0 radical (unpaired) electrons. The van der Waals surface area contributed by atoms with Gasteiger partial charge in [-0.15, -0.1) is 10.2 Å². The highest BCUT2D eigenvalue weighted by molar-refractivity contribution is 5.80. The summed E-state index contributed by atoms with van der Waals surface area (Å²) in [4.78, 5) is 4.39. The average molecular weight is 418 g/mol. The lowest BCUT2D eigenvalue weighted by atomic mass is 9.87. The summed E-state index contributed by atoms with van der Waals surface area (Å²) in [5, 5.41) is 9.55. The van der Waals surface area contributed by atoms with Gasteiger partial charge in [-0.2, -0.15) is 0 Å². The van der Waals surface area contributed by atoms with Gasteiger partial charge in [-0.1, -0.05) is 13.0 Å². The SMILES string of the molecule is COc1cnc2ccc(Cc3nnc4ccc(C5=CC(F)=CC(F)C5C)cn34)cc2c1. The van der Waals surface area contributed by atoms with Crippen molar-refractivity contribution in [3.8, 4) is 5.75 Å². The molecule has 0 saturated heterocycles. The Morgan fingerprint density at radius 3 is 2.84 bits per heavy atom. The Kier molecular flexibility index (Phi) is 4.73. The summed E-state index contributed by atoms with van der Waals surface area (Å²) in [5.41, 5.74) is 3.98. The van der Waals surface area contributed by atoms with E-state index in [1.807, 2.05) is 40.9 Å². The van der Waals surface area contributed by atoms with Gasteiger partial charge >= 0.3 is 0 Å². The van der Waals surface area contributed by atoms with E-state index in [2.05, 4.69) is 21.2 Å². The first-order valence-corrected chi connectivity index (χ1v) is 10.0. The largest absolute Gasteiger partial charge is 0.495 e. The normalized spacial score (nSPS) is 18.8. The van der Waals surface area contributed by atoms with E-state index >= 15 is 0 Å². The van der Waals surface area contributed by atoms with Gasteiger partial charge in [0, 0.05) is 23.9 Å². The van der Waals surface area contributed by atoms with Crippen LogP contribution in [0.25, 0.3) is 22.1 Å². The molecule has 0 fully saturated rings. The van der Waals surface area contributed by atoms with Gasteiger partial charge in [0.25, 0.3) is 0 Å². The maximum absolute atomic E-state index is 14.2. The van der Waals surface area contributed by atoms with Gasteiger partial charge in [-0.3, -0.25) is 9.38 Å². The Morgan fingerprint density at radius 2 is 2.00 bits per heavy atom. The minimum Gasteiger partial charge on any atom is -0.495 e. The predicted molar refractivity (Wildman–Crippen MR) is 115 cm³/mol. The molecule has 5 nitrogen and oxygen atoms in total. The topological polar surface area (TPSA) is 52.3 Å². The highest BCUT2D eigenvalue weighted by Gasteiger charge is 2.25. The van der Waals surface area contributed by atoms with Crippen LogP contribution in [0.4, 0.5) is 8.78 Å². The van der Waals surface area contributed by atoms with Crippen molar-refractivity contribution >= 4 is 22.1 Å². The zero-order valence-corrected chi connectivity index (χ0v) is 17.1. The van der Waals surface area contributed by atoms with Gasteiger partial charge < -0.3 is 4.74 Å². The van der Waals surface area contributed by atoms with E-state index in [1.165, 1.54) is 6.08 Å². The Labute approximate surface area is 177 Å². The Balaban J connectivity index is 1.52. The van der Waals surface area contributed by atoms with Gasteiger partial charge in [0.2, 0.25) is 0 Å². The molecule has 31 heavy (non-hydrogen) atoms. The van der Waals surface area contributed by atoms with E-state index in [0.717, 1.165) is 33.9 Å². The molecule has 1 aliphatic carbocycles. The lowest BCUT2D eigenvalue weighted by Crippen LogP contribution is -2.16. The third-order valence-electron chi connectivity index (χ3n) is 5.70. The number of ether oxygens (including phenoxy) is 1. The number of methoxy groups -OCH3 is 1. The summed E-state index contributed by atoms with van der Waals surface area (Å²) in [6.07, 6.45) is 5.16. The molecule has 7 heteroatoms. The fourth-order valence-electron chi connectivity index (χ4n) is 3.94. The zero-order chi connectivity index (χ0) is 21.5. The predicted octanol–water partition coefficient (Wildman–Crippen LogP) is 5.10. The van der Waals surface area contributed by atoms with Gasteiger partial charge in [-0.05, 0) is 59.2 Å². The molecule has 2 atom stereocenters. The number of fused-ring (bicyclic) bond motifs is 2. The van der Waals surface area contributed by atoms with E-state index < -0.39 is 17.9 Å². The van der Waals surface area contributed by atoms with Crippen LogP contribution in [0.2, 0.25) is 0 Å². The molecule has 4 aromatic rings. The third kappa shape index (κ3) is 3.56. The number of alkyl halides is 1. The second-order valence-electron chi connectivity index (χ2n) is 7.73. The van der Waals surface area contributed by atoms with Crippen LogP contribution in [0, 0.1) is 5.92 Å². The lowest BCUT2D eigenvalue weighted by molar-refractivity contribution is 0.334. The van der Waals surface area contributed by atoms with Crippen molar-refractivity contribution in [1.82, 2.24) is 19.6 Å². The van der Waals surface area contributed by atoms with E-state index in [4.69, 9.17) is 4.74 Å². The molecular formula is C24H20F2N4O. The fourth-order valence-corrected chi connectivity index (χ4v) is 3.94. The van der Waals surface area contributed by atoms with E-state index in [1.54, 1.807) is 20.2 Å². The second kappa shape index (κ2) is 7.58. The maximum atomic E-state index is 14.2. The fraction of sp³-hybridized carbons (Fsp3) is 0.208. The van der Waals surface area contributed by atoms with Gasteiger partial charge in [0.15, 0.2) is 5.65 Å². The third-order valence-corrected chi connectivity index (χ3v) is 5.70. The summed E-state index contributed by atoms with van der Waals surface area (Å²) >= 11 is 0. The number of hydrogen-bond donors (Lipinski definition) is 0. The smallest absolute Gasteiger partial charge is 0.160 e. The van der Waals surface area contributed by atoms with Crippen molar-refractivity contribution < 1.29 is 13.5 Å². The van der Waals surface area contributed by atoms with E-state index in [9.17, 15) is 8.78 Å². The summed E-state index contributed by atoms with van der Waals surface area (Å²) in [6, 6.07) is 11.6. The first-order chi connectivity index (χ1) is 15.0. The van der Waals surface area contributed by atoms with Gasteiger partial charge in [-0.25, -0.2) is 8.78 Å². The quantitative estimate of drug-likeness (QED) is 0.463. The van der Waals surface area contributed by atoms with E-state index in [0.29, 0.717) is 23.4 Å². The van der Waals surface area contributed by atoms with Crippen molar-refractivity contribution in [2.24, 2.45) is 5.92 Å². The van der Waals surface area contributed by atoms with Crippen LogP contribution in [0.1, 0.15) is 23.9 Å². The molecule has 1 aromatic carbocycles. The number of hydrogen-bond acceptors (Lipinski definition) is 4. The van der Waals surface area contributed by atoms with Crippen molar-refractivity contribution in [1.29, 1.82) is 0 Å². The molecule has 0 aliphatic heterocycles. The lowest BCUT2D eigenvalue weighted by Gasteiger charge is -2.22. The maximum Gasteiger partial charge on any atom is 0.160 e. The van der Waals surface area contributed by atoms with Crippen LogP contribution in [0.15, 0.2) is 66.8 Å². The van der Waals surface area contributed by atoms with Crippen LogP contribution < -0.4 is 4.74 Å².